The molecule has 0 spiro atoms. The van der Waals surface area contributed by atoms with Gasteiger partial charge in [0.15, 0.2) is 0 Å². The highest BCUT2D eigenvalue weighted by molar-refractivity contribution is 5.97. The Balaban J connectivity index is 1.76. The van der Waals surface area contributed by atoms with Crippen molar-refractivity contribution in [1.82, 2.24) is 15.5 Å². The second-order valence-electron chi connectivity index (χ2n) is 7.30. The first-order valence-corrected chi connectivity index (χ1v) is 9.53. The minimum Gasteiger partial charge on any atom is -0.335 e. The number of likely N-dealkylation sites (N-methyl/N-ethyl adjacent to an activating group) is 1. The van der Waals surface area contributed by atoms with Gasteiger partial charge in [0.2, 0.25) is 11.8 Å². The maximum Gasteiger partial charge on any atom is 0.321 e. The van der Waals surface area contributed by atoms with E-state index in [1.54, 1.807) is 18.9 Å². The summed E-state index contributed by atoms with van der Waals surface area (Å²) in [5.41, 5.74) is 1.82. The number of nitrogens with zero attached hydrogens (tertiary/aromatic N) is 1. The minimum absolute atomic E-state index is 0.0483. The van der Waals surface area contributed by atoms with E-state index in [4.69, 9.17) is 0 Å². The molecule has 0 radical (unpaired) electrons. The molecule has 1 aromatic rings. The summed E-state index contributed by atoms with van der Waals surface area (Å²) in [6.07, 6.45) is 5.32. The van der Waals surface area contributed by atoms with Gasteiger partial charge in [-0.1, -0.05) is 37.0 Å². The molecule has 1 aliphatic rings. The predicted octanol–water partition coefficient (Wildman–Crippen LogP) is 2.41. The normalized spacial score (nSPS) is 15.9. The van der Waals surface area contributed by atoms with Crippen molar-refractivity contribution in [3.8, 4) is 0 Å². The van der Waals surface area contributed by atoms with Gasteiger partial charge in [0.1, 0.15) is 0 Å². The van der Waals surface area contributed by atoms with Gasteiger partial charge in [-0.05, 0) is 45.9 Å². The number of hydrogen-bond acceptors (Lipinski definition) is 4. The third-order valence-electron chi connectivity index (χ3n) is 4.95. The Morgan fingerprint density at radius 1 is 1.11 bits per heavy atom. The molecule has 27 heavy (non-hydrogen) atoms. The molecule has 7 nitrogen and oxygen atoms in total. The van der Waals surface area contributed by atoms with E-state index in [1.807, 2.05) is 31.2 Å². The number of nitrogens with one attached hydrogen (secondary N) is 3. The Labute approximate surface area is 160 Å². The van der Waals surface area contributed by atoms with Crippen molar-refractivity contribution in [3.63, 3.8) is 0 Å². The van der Waals surface area contributed by atoms with Gasteiger partial charge in [0.05, 0.1) is 12.6 Å². The second-order valence-corrected chi connectivity index (χ2v) is 7.30. The smallest absolute Gasteiger partial charge is 0.321 e. The van der Waals surface area contributed by atoms with E-state index in [0.717, 1.165) is 31.2 Å². The zero-order valence-electron chi connectivity index (χ0n) is 16.4. The largest absolute Gasteiger partial charge is 0.335 e. The van der Waals surface area contributed by atoms with Crippen LogP contribution in [0.1, 0.15) is 44.6 Å². The van der Waals surface area contributed by atoms with Gasteiger partial charge in [-0.2, -0.15) is 0 Å². The van der Waals surface area contributed by atoms with E-state index in [1.165, 1.54) is 6.42 Å². The molecule has 0 aliphatic heterocycles. The van der Waals surface area contributed by atoms with Gasteiger partial charge in [-0.25, -0.2) is 4.79 Å². The van der Waals surface area contributed by atoms with Crippen molar-refractivity contribution < 1.29 is 14.4 Å². The molecule has 0 unspecified atom stereocenters. The maximum atomic E-state index is 12.3. The number of imide groups is 1. The Morgan fingerprint density at radius 3 is 2.37 bits per heavy atom. The molecule has 1 atom stereocenters. The highest BCUT2D eigenvalue weighted by Crippen LogP contribution is 2.17. The number of carbonyl (C=O) groups excluding carboxylic acids is 3. The van der Waals surface area contributed by atoms with Crippen molar-refractivity contribution in [3.05, 3.63) is 29.8 Å². The van der Waals surface area contributed by atoms with Gasteiger partial charge in [-0.15, -0.1) is 0 Å². The summed E-state index contributed by atoms with van der Waals surface area (Å²) in [6.45, 7) is 3.69. The van der Waals surface area contributed by atoms with Crippen LogP contribution in [0.15, 0.2) is 24.3 Å². The number of aryl methyl sites for hydroxylation is 1. The standard InChI is InChI=1S/C20H30N4O3/c1-14-9-11-17(12-10-14)21-18(25)13-24(3)15(2)19(26)23-20(27)22-16-7-5-4-6-8-16/h9-12,15-16H,4-8,13H2,1-3H3,(H,21,25)(H2,22,23,26,27)/t15-/m1/s1. The summed E-state index contributed by atoms with van der Waals surface area (Å²) in [6, 6.07) is 6.57. The van der Waals surface area contributed by atoms with Crippen LogP contribution in [0.25, 0.3) is 0 Å². The SMILES string of the molecule is Cc1ccc(NC(=O)CN(C)[C@H](C)C(=O)NC(=O)NC2CCCCC2)cc1. The topological polar surface area (TPSA) is 90.5 Å². The minimum atomic E-state index is -0.606. The molecule has 0 bridgehead atoms. The number of hydrogen-bond donors (Lipinski definition) is 3. The summed E-state index contributed by atoms with van der Waals surface area (Å²) in [5.74, 6) is -0.637. The Morgan fingerprint density at radius 2 is 1.74 bits per heavy atom. The number of anilines is 1. The van der Waals surface area contributed by atoms with Crippen molar-refractivity contribution >= 4 is 23.5 Å². The van der Waals surface area contributed by atoms with Gasteiger partial charge in [-0.3, -0.25) is 19.8 Å². The zero-order chi connectivity index (χ0) is 19.8. The van der Waals surface area contributed by atoms with Crippen LogP contribution in [-0.4, -0.2) is 48.4 Å². The molecule has 0 aromatic heterocycles. The quantitative estimate of drug-likeness (QED) is 0.713. The van der Waals surface area contributed by atoms with Crippen LogP contribution >= 0.6 is 0 Å². The van der Waals surface area contributed by atoms with E-state index < -0.39 is 18.0 Å². The van der Waals surface area contributed by atoms with Crippen LogP contribution in [0, 0.1) is 6.92 Å². The first kappa shape index (κ1) is 20.9. The number of rotatable bonds is 6. The lowest BCUT2D eigenvalue weighted by molar-refractivity contribution is -0.125. The fourth-order valence-electron chi connectivity index (χ4n) is 3.09. The number of benzene rings is 1. The molecule has 4 amide bonds. The molecular weight excluding hydrogens is 344 g/mol. The molecule has 0 heterocycles. The number of urea groups is 1. The van der Waals surface area contributed by atoms with Crippen LogP contribution < -0.4 is 16.0 Å². The first-order valence-electron chi connectivity index (χ1n) is 9.53. The molecule has 148 valence electrons. The summed E-state index contributed by atoms with van der Waals surface area (Å²) in [4.78, 5) is 38.0. The average Bonchev–Trinajstić information content (AvgIpc) is 2.63. The van der Waals surface area contributed by atoms with Gasteiger partial charge in [0.25, 0.3) is 0 Å². The number of carbonyl (C=O) groups is 3. The van der Waals surface area contributed by atoms with E-state index in [9.17, 15) is 14.4 Å². The van der Waals surface area contributed by atoms with Crippen LogP contribution in [0.2, 0.25) is 0 Å². The Kier molecular flexibility index (Phi) is 7.79. The van der Waals surface area contributed by atoms with Crippen LogP contribution in [-0.2, 0) is 9.59 Å². The van der Waals surface area contributed by atoms with Crippen LogP contribution in [0.5, 0.6) is 0 Å². The number of amides is 4. The lowest BCUT2D eigenvalue weighted by Gasteiger charge is -2.25. The first-order chi connectivity index (χ1) is 12.8. The van der Waals surface area contributed by atoms with Crippen molar-refractivity contribution in [2.24, 2.45) is 0 Å². The molecule has 3 N–H and O–H groups in total. The fraction of sp³-hybridized carbons (Fsp3) is 0.550. The molecule has 1 aliphatic carbocycles. The zero-order valence-corrected chi connectivity index (χ0v) is 16.4. The van der Waals surface area contributed by atoms with Gasteiger partial charge >= 0.3 is 6.03 Å². The Bertz CT molecular complexity index is 654. The van der Waals surface area contributed by atoms with E-state index in [2.05, 4.69) is 16.0 Å². The van der Waals surface area contributed by atoms with Gasteiger partial charge in [0, 0.05) is 11.7 Å². The molecule has 1 aromatic carbocycles. The van der Waals surface area contributed by atoms with E-state index in [0.29, 0.717) is 5.69 Å². The van der Waals surface area contributed by atoms with Crippen molar-refractivity contribution in [2.45, 2.75) is 58.0 Å². The van der Waals surface area contributed by atoms with E-state index in [-0.39, 0.29) is 18.5 Å². The maximum absolute atomic E-state index is 12.3. The highest BCUT2D eigenvalue weighted by Gasteiger charge is 2.23. The molecular formula is C20H30N4O3. The Hall–Kier alpha value is -2.41. The molecule has 7 heteroatoms. The molecule has 1 saturated carbocycles. The molecule has 0 saturated heterocycles. The van der Waals surface area contributed by atoms with Crippen molar-refractivity contribution in [2.75, 3.05) is 18.9 Å². The molecule has 1 fully saturated rings. The summed E-state index contributed by atoms with van der Waals surface area (Å²) in [7, 11) is 1.68. The molecule has 2 rings (SSSR count). The lowest BCUT2D eigenvalue weighted by atomic mass is 9.96. The van der Waals surface area contributed by atoms with E-state index >= 15 is 0 Å². The highest BCUT2D eigenvalue weighted by atomic mass is 16.2. The lowest BCUT2D eigenvalue weighted by Crippen LogP contribution is -2.51. The third kappa shape index (κ3) is 7.02. The average molecular weight is 374 g/mol. The predicted molar refractivity (Wildman–Crippen MR) is 105 cm³/mol. The summed E-state index contributed by atoms with van der Waals surface area (Å²) in [5, 5.41) is 8.02. The fourth-order valence-corrected chi connectivity index (χ4v) is 3.09. The summed E-state index contributed by atoms with van der Waals surface area (Å²) >= 11 is 0. The van der Waals surface area contributed by atoms with Crippen LogP contribution in [0.4, 0.5) is 10.5 Å². The monoisotopic (exact) mass is 374 g/mol. The van der Waals surface area contributed by atoms with Crippen LogP contribution in [0.3, 0.4) is 0 Å². The third-order valence-corrected chi connectivity index (χ3v) is 4.95. The summed E-state index contributed by atoms with van der Waals surface area (Å²) < 4.78 is 0. The van der Waals surface area contributed by atoms with Crippen molar-refractivity contribution in [1.29, 1.82) is 0 Å². The van der Waals surface area contributed by atoms with Gasteiger partial charge < -0.3 is 10.6 Å². The second kappa shape index (κ2) is 10.1.